The van der Waals surface area contributed by atoms with E-state index in [1.807, 2.05) is 0 Å². The quantitative estimate of drug-likeness (QED) is 0.630. The molecule has 5 unspecified atom stereocenters. The van der Waals surface area contributed by atoms with Crippen molar-refractivity contribution in [2.24, 2.45) is 40.4 Å². The van der Waals surface area contributed by atoms with Gasteiger partial charge in [0.05, 0.1) is 0 Å². The molecule has 2 bridgehead atoms. The van der Waals surface area contributed by atoms with Crippen LogP contribution in [0.25, 0.3) is 0 Å². The monoisotopic (exact) mass is 220 g/mol. The van der Waals surface area contributed by atoms with Crippen LogP contribution in [-0.4, -0.2) is 0 Å². The van der Waals surface area contributed by atoms with Crippen molar-refractivity contribution in [1.82, 2.24) is 0 Å². The molecule has 4 aliphatic rings. The van der Waals surface area contributed by atoms with E-state index >= 15 is 0 Å². The van der Waals surface area contributed by atoms with E-state index in [0.29, 0.717) is 5.41 Å². The zero-order chi connectivity index (χ0) is 11.7. The summed E-state index contributed by atoms with van der Waals surface area (Å²) in [5.74, 6) is 5.17. The third-order valence-corrected chi connectivity index (χ3v) is 7.14. The van der Waals surface area contributed by atoms with Gasteiger partial charge in [-0.25, -0.2) is 0 Å². The Morgan fingerprint density at radius 3 is 2.06 bits per heavy atom. The van der Waals surface area contributed by atoms with Crippen molar-refractivity contribution in [3.05, 3.63) is 0 Å². The fourth-order valence-electron chi connectivity index (χ4n) is 5.94. The van der Waals surface area contributed by atoms with Crippen molar-refractivity contribution in [3.8, 4) is 0 Å². The smallest absolute Gasteiger partial charge is 0.0269 e. The van der Waals surface area contributed by atoms with Crippen LogP contribution in [-0.2, 0) is 0 Å². The Hall–Kier alpha value is 0. The van der Waals surface area contributed by atoms with Crippen LogP contribution in [0.15, 0.2) is 0 Å². The first-order valence-corrected chi connectivity index (χ1v) is 7.42. The Bertz CT molecular complexity index is 299. The molecule has 0 saturated heterocycles. The van der Waals surface area contributed by atoms with E-state index in [-0.39, 0.29) is 0 Å². The predicted octanol–water partition coefficient (Wildman–Crippen LogP) is 4.74. The summed E-state index contributed by atoms with van der Waals surface area (Å²) in [4.78, 5) is 0. The van der Waals surface area contributed by atoms with Crippen LogP contribution in [0.5, 0.6) is 0 Å². The van der Waals surface area contributed by atoms with Crippen LogP contribution in [0.3, 0.4) is 0 Å². The average Bonchev–Trinajstić information content (AvgIpc) is 2.40. The van der Waals surface area contributed by atoms with Crippen molar-refractivity contribution in [2.75, 3.05) is 0 Å². The van der Waals surface area contributed by atoms with Crippen LogP contribution in [0, 0.1) is 40.4 Å². The number of hydrogen-bond acceptors (Lipinski definition) is 0. The topological polar surface area (TPSA) is 0 Å². The minimum atomic E-state index is 0.643. The summed E-state index contributed by atoms with van der Waals surface area (Å²) in [6.07, 6.45) is 5.97. The van der Waals surface area contributed by atoms with Crippen molar-refractivity contribution in [2.45, 2.75) is 60.3 Å². The van der Waals surface area contributed by atoms with E-state index in [1.54, 1.807) is 12.8 Å². The molecule has 0 aromatic heterocycles. The van der Waals surface area contributed by atoms with Gasteiger partial charge in [-0.2, -0.15) is 0 Å². The van der Waals surface area contributed by atoms with Crippen molar-refractivity contribution in [1.29, 1.82) is 0 Å². The molecule has 4 saturated carbocycles. The third kappa shape index (κ3) is 1.07. The molecule has 0 nitrogen and oxygen atoms in total. The van der Waals surface area contributed by atoms with Gasteiger partial charge in [0.1, 0.15) is 0 Å². The molecule has 16 heavy (non-hydrogen) atoms. The van der Waals surface area contributed by atoms with Crippen molar-refractivity contribution >= 4 is 0 Å². The van der Waals surface area contributed by atoms with Gasteiger partial charge in [-0.15, -0.1) is 0 Å². The zero-order valence-corrected chi connectivity index (χ0v) is 11.7. The molecule has 0 aliphatic heterocycles. The molecule has 0 heteroatoms. The Kier molecular flexibility index (Phi) is 2.12. The van der Waals surface area contributed by atoms with E-state index in [2.05, 4.69) is 34.6 Å². The van der Waals surface area contributed by atoms with Gasteiger partial charge in [0.2, 0.25) is 0 Å². The molecule has 5 atom stereocenters. The average molecular weight is 220 g/mol. The first-order chi connectivity index (χ1) is 7.42. The number of rotatable bonds is 2. The predicted molar refractivity (Wildman–Crippen MR) is 69.2 cm³/mol. The SMILES string of the molecule is CCC1(C)C(C)CC(C)C1C1C2CC1(C)C2. The lowest BCUT2D eigenvalue weighted by Gasteiger charge is -2.71. The summed E-state index contributed by atoms with van der Waals surface area (Å²) < 4.78 is 0. The molecule has 0 radical (unpaired) electrons. The molecular formula is C16H28. The van der Waals surface area contributed by atoms with Crippen molar-refractivity contribution in [3.63, 3.8) is 0 Å². The van der Waals surface area contributed by atoms with E-state index in [9.17, 15) is 0 Å². The second-order valence-electron chi connectivity index (χ2n) is 7.85. The van der Waals surface area contributed by atoms with Crippen LogP contribution in [0.2, 0.25) is 0 Å². The van der Waals surface area contributed by atoms with Gasteiger partial charge in [0.15, 0.2) is 0 Å². The van der Waals surface area contributed by atoms with Gasteiger partial charge >= 0.3 is 0 Å². The largest absolute Gasteiger partial charge is 0.0648 e. The first kappa shape index (κ1) is 11.1. The minimum Gasteiger partial charge on any atom is -0.0648 e. The summed E-state index contributed by atoms with van der Waals surface area (Å²) >= 11 is 0. The highest BCUT2D eigenvalue weighted by Crippen LogP contribution is 2.75. The number of hydrogen-bond donors (Lipinski definition) is 0. The molecule has 0 amide bonds. The summed E-state index contributed by atoms with van der Waals surface area (Å²) in [6.45, 7) is 12.6. The van der Waals surface area contributed by atoms with Gasteiger partial charge < -0.3 is 0 Å². The Labute approximate surface area is 101 Å². The van der Waals surface area contributed by atoms with Crippen LogP contribution < -0.4 is 0 Å². The van der Waals surface area contributed by atoms with Gasteiger partial charge in [-0.1, -0.05) is 41.0 Å². The zero-order valence-electron chi connectivity index (χ0n) is 11.7. The lowest BCUT2D eigenvalue weighted by atomic mass is 9.33. The first-order valence-electron chi connectivity index (χ1n) is 7.42. The highest BCUT2D eigenvalue weighted by Gasteiger charge is 2.68. The fourth-order valence-corrected chi connectivity index (χ4v) is 5.94. The van der Waals surface area contributed by atoms with Gasteiger partial charge in [-0.3, -0.25) is 0 Å². The molecule has 0 heterocycles. The molecule has 0 spiro atoms. The standard InChI is InChI=1S/C16H28/c1-6-16(5)11(3)7-10(2)13(16)14-12-8-15(14,4)9-12/h10-14H,6-9H2,1-5H3. The third-order valence-electron chi connectivity index (χ3n) is 7.14. The van der Waals surface area contributed by atoms with Crippen LogP contribution >= 0.6 is 0 Å². The highest BCUT2D eigenvalue weighted by molar-refractivity contribution is 5.17. The Morgan fingerprint density at radius 2 is 1.69 bits per heavy atom. The second-order valence-corrected chi connectivity index (χ2v) is 7.85. The lowest BCUT2D eigenvalue weighted by Crippen LogP contribution is -2.64. The summed E-state index contributed by atoms with van der Waals surface area (Å²) in [6, 6.07) is 0. The van der Waals surface area contributed by atoms with Gasteiger partial charge in [0, 0.05) is 0 Å². The summed E-state index contributed by atoms with van der Waals surface area (Å²) in [7, 11) is 0. The summed E-state index contributed by atoms with van der Waals surface area (Å²) in [5.41, 5.74) is 1.41. The molecule has 0 N–H and O–H groups in total. The second kappa shape index (κ2) is 3.06. The molecule has 4 fully saturated rings. The molecular weight excluding hydrogens is 192 g/mol. The molecule has 4 rings (SSSR count). The van der Waals surface area contributed by atoms with Crippen LogP contribution in [0.4, 0.5) is 0 Å². The van der Waals surface area contributed by atoms with Gasteiger partial charge in [-0.05, 0) is 59.7 Å². The Balaban J connectivity index is 1.88. The van der Waals surface area contributed by atoms with E-state index in [1.165, 1.54) is 12.8 Å². The lowest BCUT2D eigenvalue weighted by molar-refractivity contribution is -0.226. The molecule has 0 aromatic carbocycles. The Morgan fingerprint density at radius 1 is 1.06 bits per heavy atom. The fraction of sp³-hybridized carbons (Fsp3) is 1.00. The molecule has 0 aromatic rings. The highest BCUT2D eigenvalue weighted by atomic mass is 14.7. The van der Waals surface area contributed by atoms with E-state index < -0.39 is 0 Å². The maximum Gasteiger partial charge on any atom is -0.0269 e. The van der Waals surface area contributed by atoms with E-state index in [0.717, 1.165) is 35.0 Å². The maximum absolute atomic E-state index is 2.59. The minimum absolute atomic E-state index is 0.643. The van der Waals surface area contributed by atoms with Gasteiger partial charge in [0.25, 0.3) is 0 Å². The molecule has 4 aliphatic carbocycles. The van der Waals surface area contributed by atoms with E-state index in [4.69, 9.17) is 0 Å². The molecule has 92 valence electrons. The normalized spacial score (nSPS) is 63.9. The summed E-state index contributed by atoms with van der Waals surface area (Å²) in [5, 5.41) is 0. The van der Waals surface area contributed by atoms with Crippen molar-refractivity contribution < 1.29 is 0 Å². The maximum atomic E-state index is 2.59. The van der Waals surface area contributed by atoms with Crippen LogP contribution in [0.1, 0.15) is 60.3 Å².